The lowest BCUT2D eigenvalue weighted by Crippen LogP contribution is -2.38. The number of aromatic nitrogens is 2. The standard InChI is InChI=1S/C19H21N3O3/c1-24-13-16-15-7-2-3-8-17(15)25-18(16)19(23)22-11-4-6-14(22)12-21-10-5-9-20-21/h2-3,5,7-10,14H,4,6,11-13H2,1H3/t14-/m0/s1. The molecule has 0 spiro atoms. The van der Waals surface area contributed by atoms with Gasteiger partial charge in [-0.15, -0.1) is 0 Å². The Morgan fingerprint density at radius 2 is 2.24 bits per heavy atom. The predicted octanol–water partition coefficient (Wildman–Crippen LogP) is 3.08. The number of methoxy groups -OCH3 is 1. The Balaban J connectivity index is 1.65. The Morgan fingerprint density at radius 1 is 1.36 bits per heavy atom. The number of hydrogen-bond donors (Lipinski definition) is 0. The highest BCUT2D eigenvalue weighted by Crippen LogP contribution is 2.30. The maximum absolute atomic E-state index is 13.2. The number of carbonyl (C=O) groups is 1. The lowest BCUT2D eigenvalue weighted by molar-refractivity contribution is 0.0685. The minimum Gasteiger partial charge on any atom is -0.451 e. The smallest absolute Gasteiger partial charge is 0.290 e. The number of rotatable bonds is 5. The van der Waals surface area contributed by atoms with Gasteiger partial charge < -0.3 is 14.1 Å². The molecule has 1 amide bonds. The van der Waals surface area contributed by atoms with Crippen molar-refractivity contribution >= 4 is 16.9 Å². The Labute approximate surface area is 146 Å². The van der Waals surface area contributed by atoms with Crippen LogP contribution in [0, 0.1) is 0 Å². The number of carbonyl (C=O) groups excluding carboxylic acids is 1. The molecule has 0 unspecified atom stereocenters. The summed E-state index contributed by atoms with van der Waals surface area (Å²) in [6, 6.07) is 9.74. The van der Waals surface area contributed by atoms with Gasteiger partial charge in [-0.2, -0.15) is 5.10 Å². The minimum absolute atomic E-state index is 0.0575. The zero-order valence-corrected chi connectivity index (χ0v) is 14.2. The molecule has 0 bridgehead atoms. The van der Waals surface area contributed by atoms with Gasteiger partial charge in [0.25, 0.3) is 5.91 Å². The fourth-order valence-electron chi connectivity index (χ4n) is 3.61. The first-order valence-electron chi connectivity index (χ1n) is 8.55. The lowest BCUT2D eigenvalue weighted by atomic mass is 10.1. The maximum Gasteiger partial charge on any atom is 0.290 e. The zero-order chi connectivity index (χ0) is 17.2. The van der Waals surface area contributed by atoms with E-state index < -0.39 is 0 Å². The van der Waals surface area contributed by atoms with Crippen molar-refractivity contribution in [2.24, 2.45) is 0 Å². The van der Waals surface area contributed by atoms with Crippen molar-refractivity contribution < 1.29 is 13.9 Å². The first-order valence-corrected chi connectivity index (χ1v) is 8.55. The van der Waals surface area contributed by atoms with Gasteiger partial charge in [-0.1, -0.05) is 18.2 Å². The third-order valence-corrected chi connectivity index (χ3v) is 4.78. The highest BCUT2D eigenvalue weighted by atomic mass is 16.5. The highest BCUT2D eigenvalue weighted by molar-refractivity contribution is 5.99. The molecule has 4 rings (SSSR count). The van der Waals surface area contributed by atoms with Gasteiger partial charge in [-0.25, -0.2) is 0 Å². The van der Waals surface area contributed by atoms with E-state index in [0.717, 1.165) is 35.9 Å². The topological polar surface area (TPSA) is 60.5 Å². The number of furan rings is 1. The molecular formula is C19H21N3O3. The number of likely N-dealkylation sites (tertiary alicyclic amines) is 1. The molecule has 3 aromatic rings. The molecule has 0 radical (unpaired) electrons. The first kappa shape index (κ1) is 15.9. The van der Waals surface area contributed by atoms with Crippen LogP contribution >= 0.6 is 0 Å². The Morgan fingerprint density at radius 3 is 3.04 bits per heavy atom. The monoisotopic (exact) mass is 339 g/mol. The first-order chi connectivity index (χ1) is 12.3. The molecule has 1 atom stereocenters. The molecule has 0 saturated carbocycles. The average Bonchev–Trinajstić information content (AvgIpc) is 3.36. The van der Waals surface area contributed by atoms with Crippen LogP contribution in [0.3, 0.4) is 0 Å². The van der Waals surface area contributed by atoms with Crippen molar-refractivity contribution in [2.75, 3.05) is 13.7 Å². The number of para-hydroxylation sites is 1. The lowest BCUT2D eigenvalue weighted by Gasteiger charge is -2.24. The van der Waals surface area contributed by atoms with Crippen LogP contribution in [0.15, 0.2) is 47.1 Å². The molecule has 25 heavy (non-hydrogen) atoms. The van der Waals surface area contributed by atoms with Crippen LogP contribution in [0.1, 0.15) is 29.0 Å². The molecule has 1 fully saturated rings. The quantitative estimate of drug-likeness (QED) is 0.717. The second-order valence-electron chi connectivity index (χ2n) is 6.36. The second kappa shape index (κ2) is 6.72. The van der Waals surface area contributed by atoms with Gasteiger partial charge in [0, 0.05) is 37.0 Å². The van der Waals surface area contributed by atoms with E-state index in [-0.39, 0.29) is 11.9 Å². The molecule has 1 aliphatic rings. The van der Waals surface area contributed by atoms with Crippen LogP contribution in [0.5, 0.6) is 0 Å². The van der Waals surface area contributed by atoms with Gasteiger partial charge in [-0.05, 0) is 25.0 Å². The molecular weight excluding hydrogens is 318 g/mol. The summed E-state index contributed by atoms with van der Waals surface area (Å²) < 4.78 is 13.1. The Kier molecular flexibility index (Phi) is 4.28. The summed E-state index contributed by atoms with van der Waals surface area (Å²) in [4.78, 5) is 15.1. The molecule has 1 aliphatic heterocycles. The summed E-state index contributed by atoms with van der Waals surface area (Å²) in [5, 5.41) is 5.20. The van der Waals surface area contributed by atoms with Gasteiger partial charge >= 0.3 is 0 Å². The summed E-state index contributed by atoms with van der Waals surface area (Å²) in [5.74, 6) is 0.341. The number of hydrogen-bond acceptors (Lipinski definition) is 4. The number of fused-ring (bicyclic) bond motifs is 1. The van der Waals surface area contributed by atoms with Gasteiger partial charge in [-0.3, -0.25) is 9.48 Å². The molecule has 1 saturated heterocycles. The largest absolute Gasteiger partial charge is 0.451 e. The van der Waals surface area contributed by atoms with E-state index in [0.29, 0.717) is 18.9 Å². The molecule has 0 aliphatic carbocycles. The summed E-state index contributed by atoms with van der Waals surface area (Å²) in [5.41, 5.74) is 1.55. The summed E-state index contributed by atoms with van der Waals surface area (Å²) in [7, 11) is 1.63. The van der Waals surface area contributed by atoms with E-state index in [4.69, 9.17) is 9.15 Å². The molecule has 3 heterocycles. The van der Waals surface area contributed by atoms with E-state index >= 15 is 0 Å². The van der Waals surface area contributed by atoms with Crippen LogP contribution in [-0.4, -0.2) is 40.3 Å². The van der Waals surface area contributed by atoms with Crippen molar-refractivity contribution in [1.82, 2.24) is 14.7 Å². The van der Waals surface area contributed by atoms with Crippen LogP contribution in [0.2, 0.25) is 0 Å². The van der Waals surface area contributed by atoms with Gasteiger partial charge in [0.05, 0.1) is 19.2 Å². The molecule has 2 aromatic heterocycles. The normalized spacial score (nSPS) is 17.5. The third kappa shape index (κ3) is 2.93. The Bertz CT molecular complexity index is 869. The molecule has 6 nitrogen and oxygen atoms in total. The van der Waals surface area contributed by atoms with Crippen molar-refractivity contribution in [3.05, 3.63) is 54.0 Å². The number of amides is 1. The van der Waals surface area contributed by atoms with Gasteiger partial charge in [0.1, 0.15) is 5.58 Å². The summed E-state index contributed by atoms with van der Waals surface area (Å²) in [6.45, 7) is 1.81. The van der Waals surface area contributed by atoms with E-state index in [1.54, 1.807) is 13.3 Å². The summed E-state index contributed by atoms with van der Waals surface area (Å²) >= 11 is 0. The van der Waals surface area contributed by atoms with E-state index in [2.05, 4.69) is 5.10 Å². The Hall–Kier alpha value is -2.60. The van der Waals surface area contributed by atoms with Crippen LogP contribution < -0.4 is 0 Å². The third-order valence-electron chi connectivity index (χ3n) is 4.78. The van der Waals surface area contributed by atoms with E-state index in [1.807, 2.05) is 46.1 Å². The number of nitrogens with zero attached hydrogens (tertiary/aromatic N) is 3. The SMILES string of the molecule is COCc1c(C(=O)N2CCC[C@H]2Cn2cccn2)oc2ccccc12. The molecule has 1 aromatic carbocycles. The van der Waals surface area contributed by atoms with E-state index in [1.165, 1.54) is 0 Å². The molecule has 130 valence electrons. The van der Waals surface area contributed by atoms with Crippen molar-refractivity contribution in [1.29, 1.82) is 0 Å². The van der Waals surface area contributed by atoms with Crippen molar-refractivity contribution in [3.63, 3.8) is 0 Å². The number of ether oxygens (including phenoxy) is 1. The number of benzene rings is 1. The average molecular weight is 339 g/mol. The maximum atomic E-state index is 13.2. The van der Waals surface area contributed by atoms with Gasteiger partial charge in [0.15, 0.2) is 5.76 Å². The zero-order valence-electron chi connectivity index (χ0n) is 14.2. The van der Waals surface area contributed by atoms with E-state index in [9.17, 15) is 4.79 Å². The predicted molar refractivity (Wildman–Crippen MR) is 93.2 cm³/mol. The minimum atomic E-state index is -0.0575. The fourth-order valence-corrected chi connectivity index (χ4v) is 3.61. The van der Waals surface area contributed by atoms with Gasteiger partial charge in [0.2, 0.25) is 0 Å². The summed E-state index contributed by atoms with van der Waals surface area (Å²) in [6.07, 6.45) is 5.67. The second-order valence-corrected chi connectivity index (χ2v) is 6.36. The van der Waals surface area contributed by atoms with Crippen LogP contribution in [0.25, 0.3) is 11.0 Å². The molecule has 6 heteroatoms. The highest BCUT2D eigenvalue weighted by Gasteiger charge is 2.33. The van der Waals surface area contributed by atoms with Crippen LogP contribution in [-0.2, 0) is 17.9 Å². The van der Waals surface area contributed by atoms with Crippen LogP contribution in [0.4, 0.5) is 0 Å². The van der Waals surface area contributed by atoms with Crippen molar-refractivity contribution in [3.8, 4) is 0 Å². The fraction of sp³-hybridized carbons (Fsp3) is 0.368. The van der Waals surface area contributed by atoms with Crippen molar-refractivity contribution in [2.45, 2.75) is 32.0 Å². The molecule has 0 N–H and O–H groups in total.